The van der Waals surface area contributed by atoms with Crippen LogP contribution in [-0.2, 0) is 4.74 Å². The van der Waals surface area contributed by atoms with Gasteiger partial charge in [0, 0.05) is 25.7 Å². The van der Waals surface area contributed by atoms with Gasteiger partial charge in [0.25, 0.3) is 0 Å². The number of nitrogens with one attached hydrogen (secondary N) is 2. The summed E-state index contributed by atoms with van der Waals surface area (Å²) < 4.78 is 11.3. The van der Waals surface area contributed by atoms with Gasteiger partial charge in [-0.05, 0) is 37.1 Å². The average Bonchev–Trinajstić information content (AvgIpc) is 2.94. The molecular weight excluding hydrogens is 360 g/mol. The summed E-state index contributed by atoms with van der Waals surface area (Å²) >= 11 is 0. The fraction of sp³-hybridized carbons (Fsp3) is 0.350. The summed E-state index contributed by atoms with van der Waals surface area (Å²) in [5.74, 6) is 1.14. The number of amides is 3. The Hall–Kier alpha value is -3.29. The molecule has 0 saturated carbocycles. The molecule has 28 heavy (non-hydrogen) atoms. The first-order chi connectivity index (χ1) is 13.6. The van der Waals surface area contributed by atoms with Crippen molar-refractivity contribution in [3.05, 3.63) is 48.8 Å². The van der Waals surface area contributed by atoms with Gasteiger partial charge in [-0.25, -0.2) is 9.59 Å². The van der Waals surface area contributed by atoms with Crippen LogP contribution in [0.2, 0.25) is 0 Å². The summed E-state index contributed by atoms with van der Waals surface area (Å²) in [6.07, 6.45) is 5.05. The molecule has 1 aromatic carbocycles. The molecule has 2 N–H and O–H groups in total. The smallest absolute Gasteiger partial charge is 0.407 e. The van der Waals surface area contributed by atoms with Crippen LogP contribution in [0, 0.1) is 0 Å². The number of hydrogen-bond donors (Lipinski definition) is 2. The minimum absolute atomic E-state index is 0.198. The highest BCUT2D eigenvalue weighted by Gasteiger charge is 2.41. The highest BCUT2D eigenvalue weighted by Crippen LogP contribution is 2.31. The predicted molar refractivity (Wildman–Crippen MR) is 102 cm³/mol. The maximum Gasteiger partial charge on any atom is 0.407 e. The van der Waals surface area contributed by atoms with E-state index in [1.165, 1.54) is 0 Å². The van der Waals surface area contributed by atoms with Gasteiger partial charge in [0.1, 0.15) is 11.4 Å². The Labute approximate surface area is 162 Å². The first-order valence-electron chi connectivity index (χ1n) is 9.33. The second-order valence-corrected chi connectivity index (χ2v) is 6.98. The second kappa shape index (κ2) is 7.75. The maximum absolute atomic E-state index is 12.8. The number of urea groups is 1. The summed E-state index contributed by atoms with van der Waals surface area (Å²) in [5, 5.41) is 5.65. The molecule has 2 fully saturated rings. The van der Waals surface area contributed by atoms with E-state index < -0.39 is 5.60 Å². The number of alkyl carbamates (subject to hydrolysis) is 1. The van der Waals surface area contributed by atoms with Crippen molar-refractivity contribution < 1.29 is 19.1 Å². The minimum atomic E-state index is -0.493. The molecule has 1 aromatic heterocycles. The molecular formula is C20H22N4O4. The Bertz CT molecular complexity index is 860. The summed E-state index contributed by atoms with van der Waals surface area (Å²) in [6.45, 7) is 1.63. The molecule has 8 nitrogen and oxygen atoms in total. The molecule has 0 bridgehead atoms. The molecule has 0 radical (unpaired) electrons. The highest BCUT2D eigenvalue weighted by atomic mass is 16.6. The molecule has 2 aliphatic rings. The maximum atomic E-state index is 12.8. The van der Waals surface area contributed by atoms with Crippen LogP contribution in [0.5, 0.6) is 11.5 Å². The van der Waals surface area contributed by atoms with Crippen LogP contribution in [-0.4, -0.2) is 47.2 Å². The van der Waals surface area contributed by atoms with Crippen LogP contribution in [0.15, 0.2) is 48.8 Å². The van der Waals surface area contributed by atoms with E-state index in [0.29, 0.717) is 43.2 Å². The standard InChI is InChI=1S/C20H22N4O4/c25-18(24-11-4-8-20(9-12-24)14-22-19(26)28-20)23-16-6-1-2-7-17(16)27-15-5-3-10-21-13-15/h1-3,5-7,10,13H,4,8-9,11-12,14H2,(H,22,26)(H,23,25)/t20-/m1/s1. The SMILES string of the molecule is O=C1NC[C@]2(CCCN(C(=O)Nc3ccccc3Oc3cccnc3)CC2)O1. The lowest BCUT2D eigenvalue weighted by Gasteiger charge is -2.25. The van der Waals surface area contributed by atoms with Crippen molar-refractivity contribution in [1.29, 1.82) is 0 Å². The molecule has 1 spiro atoms. The van der Waals surface area contributed by atoms with Crippen molar-refractivity contribution in [3.63, 3.8) is 0 Å². The Kier molecular flexibility index (Phi) is 5.01. The number of hydrogen-bond acceptors (Lipinski definition) is 5. The molecule has 0 unspecified atom stereocenters. The van der Waals surface area contributed by atoms with Gasteiger partial charge in [-0.3, -0.25) is 4.98 Å². The molecule has 146 valence electrons. The fourth-order valence-corrected chi connectivity index (χ4v) is 3.54. The number of pyridine rings is 1. The highest BCUT2D eigenvalue weighted by molar-refractivity contribution is 5.91. The van der Waals surface area contributed by atoms with Crippen molar-refractivity contribution in [2.75, 3.05) is 25.0 Å². The Morgan fingerprint density at radius 3 is 2.89 bits per heavy atom. The van der Waals surface area contributed by atoms with Crippen molar-refractivity contribution in [2.24, 2.45) is 0 Å². The molecule has 3 heterocycles. The van der Waals surface area contributed by atoms with E-state index in [4.69, 9.17) is 9.47 Å². The van der Waals surface area contributed by atoms with Gasteiger partial charge in [0.05, 0.1) is 18.4 Å². The largest absolute Gasteiger partial charge is 0.454 e. The van der Waals surface area contributed by atoms with Crippen LogP contribution < -0.4 is 15.4 Å². The fourth-order valence-electron chi connectivity index (χ4n) is 3.54. The molecule has 3 amide bonds. The normalized spacial score (nSPS) is 21.6. The number of aromatic nitrogens is 1. The Morgan fingerprint density at radius 2 is 2.11 bits per heavy atom. The van der Waals surface area contributed by atoms with Gasteiger partial charge in [-0.1, -0.05) is 12.1 Å². The molecule has 8 heteroatoms. The lowest BCUT2D eigenvalue weighted by Crippen LogP contribution is -2.38. The number of benzene rings is 1. The average molecular weight is 382 g/mol. The van der Waals surface area contributed by atoms with E-state index in [-0.39, 0.29) is 12.1 Å². The quantitative estimate of drug-likeness (QED) is 0.849. The number of ether oxygens (including phenoxy) is 2. The number of para-hydroxylation sites is 2. The van der Waals surface area contributed by atoms with Crippen LogP contribution in [0.1, 0.15) is 19.3 Å². The second-order valence-electron chi connectivity index (χ2n) is 6.98. The number of likely N-dealkylation sites (tertiary alicyclic amines) is 1. The zero-order valence-electron chi connectivity index (χ0n) is 15.4. The predicted octanol–water partition coefficient (Wildman–Crippen LogP) is 3.37. The first kappa shape index (κ1) is 18.1. The van der Waals surface area contributed by atoms with E-state index >= 15 is 0 Å². The topological polar surface area (TPSA) is 92.8 Å². The van der Waals surface area contributed by atoms with Crippen LogP contribution in [0.25, 0.3) is 0 Å². The zero-order chi connectivity index (χ0) is 19.4. The zero-order valence-corrected chi connectivity index (χ0v) is 15.4. The van der Waals surface area contributed by atoms with Gasteiger partial charge < -0.3 is 25.0 Å². The third-order valence-electron chi connectivity index (χ3n) is 5.04. The summed E-state index contributed by atoms with van der Waals surface area (Å²) in [4.78, 5) is 30.0. The number of carbonyl (C=O) groups excluding carboxylic acids is 2. The summed E-state index contributed by atoms with van der Waals surface area (Å²) in [6, 6.07) is 10.7. The molecule has 2 saturated heterocycles. The van der Waals surface area contributed by atoms with Gasteiger partial charge in [-0.2, -0.15) is 0 Å². The lowest BCUT2D eigenvalue weighted by molar-refractivity contribution is 0.0454. The van der Waals surface area contributed by atoms with E-state index in [2.05, 4.69) is 15.6 Å². The van der Waals surface area contributed by atoms with Crippen LogP contribution in [0.3, 0.4) is 0 Å². The number of rotatable bonds is 3. The summed E-state index contributed by atoms with van der Waals surface area (Å²) in [7, 11) is 0. The lowest BCUT2D eigenvalue weighted by atomic mass is 9.95. The van der Waals surface area contributed by atoms with Crippen molar-refractivity contribution >= 4 is 17.8 Å². The summed E-state index contributed by atoms with van der Waals surface area (Å²) in [5.41, 5.74) is 0.0947. The van der Waals surface area contributed by atoms with E-state index in [1.54, 1.807) is 41.6 Å². The third-order valence-corrected chi connectivity index (χ3v) is 5.04. The van der Waals surface area contributed by atoms with Crippen LogP contribution >= 0.6 is 0 Å². The first-order valence-corrected chi connectivity index (χ1v) is 9.33. The van der Waals surface area contributed by atoms with Crippen molar-refractivity contribution in [1.82, 2.24) is 15.2 Å². The Morgan fingerprint density at radius 1 is 1.21 bits per heavy atom. The van der Waals surface area contributed by atoms with Gasteiger partial charge in [0.15, 0.2) is 5.75 Å². The van der Waals surface area contributed by atoms with Gasteiger partial charge >= 0.3 is 12.1 Å². The minimum Gasteiger partial charge on any atom is -0.454 e. The van der Waals surface area contributed by atoms with E-state index in [0.717, 1.165) is 12.8 Å². The van der Waals surface area contributed by atoms with Gasteiger partial charge in [-0.15, -0.1) is 0 Å². The Balaban J connectivity index is 1.42. The van der Waals surface area contributed by atoms with Crippen LogP contribution in [0.4, 0.5) is 15.3 Å². The monoisotopic (exact) mass is 382 g/mol. The number of anilines is 1. The van der Waals surface area contributed by atoms with Gasteiger partial charge in [0.2, 0.25) is 0 Å². The van der Waals surface area contributed by atoms with E-state index in [1.807, 2.05) is 12.1 Å². The molecule has 0 aliphatic carbocycles. The van der Waals surface area contributed by atoms with E-state index in [9.17, 15) is 9.59 Å². The number of carbonyl (C=O) groups is 2. The van der Waals surface area contributed by atoms with Crippen molar-refractivity contribution in [2.45, 2.75) is 24.9 Å². The molecule has 2 aliphatic heterocycles. The third kappa shape index (κ3) is 4.00. The molecule has 4 rings (SSSR count). The number of nitrogens with zero attached hydrogens (tertiary/aromatic N) is 2. The molecule has 1 atom stereocenters. The molecule has 2 aromatic rings. The van der Waals surface area contributed by atoms with Crippen molar-refractivity contribution in [3.8, 4) is 11.5 Å².